The van der Waals surface area contributed by atoms with E-state index < -0.39 is 10.0 Å². The Kier molecular flexibility index (Phi) is 8.25. The van der Waals surface area contributed by atoms with E-state index in [2.05, 4.69) is 10.6 Å². The molecule has 0 spiro atoms. The summed E-state index contributed by atoms with van der Waals surface area (Å²) >= 11 is 6.03. The number of likely N-dealkylation sites (N-methyl/N-ethyl adjacent to an activating group) is 1. The number of hydrogen-bond acceptors (Lipinski definition) is 5. The second-order valence-electron chi connectivity index (χ2n) is 7.74. The van der Waals surface area contributed by atoms with Crippen molar-refractivity contribution in [1.82, 2.24) is 9.21 Å². The van der Waals surface area contributed by atoms with Gasteiger partial charge in [0.2, 0.25) is 21.8 Å². The summed E-state index contributed by atoms with van der Waals surface area (Å²) in [5.41, 5.74) is 0.998. The lowest BCUT2D eigenvalue weighted by Gasteiger charge is -2.25. The number of nitrogens with one attached hydrogen (secondary N) is 2. The maximum absolute atomic E-state index is 12.7. The molecule has 32 heavy (non-hydrogen) atoms. The van der Waals surface area contributed by atoms with Crippen LogP contribution in [0.1, 0.15) is 19.3 Å². The Hall–Kier alpha value is -2.46. The van der Waals surface area contributed by atoms with Crippen molar-refractivity contribution in [3.05, 3.63) is 53.6 Å². The van der Waals surface area contributed by atoms with E-state index in [-0.39, 0.29) is 29.8 Å². The van der Waals surface area contributed by atoms with E-state index in [1.54, 1.807) is 48.3 Å². The summed E-state index contributed by atoms with van der Waals surface area (Å²) in [6.07, 6.45) is 2.79. The fourth-order valence-corrected chi connectivity index (χ4v) is 5.16. The quantitative estimate of drug-likeness (QED) is 0.607. The first-order chi connectivity index (χ1) is 15.3. The second-order valence-corrected chi connectivity index (χ2v) is 10.1. The Morgan fingerprint density at radius 1 is 0.938 bits per heavy atom. The molecular weight excluding hydrogens is 452 g/mol. The van der Waals surface area contributed by atoms with Gasteiger partial charge in [0, 0.05) is 18.8 Å². The third kappa shape index (κ3) is 6.52. The molecule has 1 fully saturated rings. The lowest BCUT2D eigenvalue weighted by Crippen LogP contribution is -2.36. The highest BCUT2D eigenvalue weighted by molar-refractivity contribution is 7.89. The Bertz CT molecular complexity index is 1050. The molecule has 0 saturated carbocycles. The van der Waals surface area contributed by atoms with Crippen molar-refractivity contribution in [3.8, 4) is 0 Å². The van der Waals surface area contributed by atoms with E-state index in [1.807, 2.05) is 0 Å². The third-order valence-corrected chi connectivity index (χ3v) is 7.31. The predicted molar refractivity (Wildman–Crippen MR) is 125 cm³/mol. The normalized spacial score (nSPS) is 14.8. The second kappa shape index (κ2) is 10.9. The number of benzene rings is 2. The van der Waals surface area contributed by atoms with Gasteiger partial charge in [-0.2, -0.15) is 4.31 Å². The van der Waals surface area contributed by atoms with E-state index >= 15 is 0 Å². The minimum absolute atomic E-state index is 0.00561. The number of nitrogens with zero attached hydrogens (tertiary/aromatic N) is 2. The highest BCUT2D eigenvalue weighted by atomic mass is 35.5. The third-order valence-electron chi connectivity index (χ3n) is 5.07. The van der Waals surface area contributed by atoms with Crippen LogP contribution in [0.15, 0.2) is 53.4 Å². The van der Waals surface area contributed by atoms with Crippen LogP contribution >= 0.6 is 11.6 Å². The first kappa shape index (κ1) is 24.2. The van der Waals surface area contributed by atoms with E-state index in [9.17, 15) is 18.0 Å². The lowest BCUT2D eigenvalue weighted by molar-refractivity contribution is -0.119. The van der Waals surface area contributed by atoms with Gasteiger partial charge in [0.1, 0.15) is 0 Å². The van der Waals surface area contributed by atoms with Crippen molar-refractivity contribution in [2.75, 3.05) is 43.9 Å². The summed E-state index contributed by atoms with van der Waals surface area (Å²) in [7, 11) is -1.86. The van der Waals surface area contributed by atoms with E-state index in [0.717, 1.165) is 19.3 Å². The van der Waals surface area contributed by atoms with Gasteiger partial charge in [0.05, 0.1) is 28.7 Å². The van der Waals surface area contributed by atoms with Gasteiger partial charge < -0.3 is 10.6 Å². The average Bonchev–Trinajstić information content (AvgIpc) is 2.76. The number of piperidine rings is 1. The summed E-state index contributed by atoms with van der Waals surface area (Å²) in [5, 5.41) is 5.86. The maximum atomic E-state index is 12.7. The first-order valence-electron chi connectivity index (χ1n) is 10.4. The largest absolute Gasteiger partial charge is 0.325 e. The summed E-state index contributed by atoms with van der Waals surface area (Å²) < 4.78 is 26.9. The Labute approximate surface area is 193 Å². The van der Waals surface area contributed by atoms with Crippen LogP contribution in [-0.2, 0) is 19.6 Å². The van der Waals surface area contributed by atoms with Crippen molar-refractivity contribution in [3.63, 3.8) is 0 Å². The zero-order valence-corrected chi connectivity index (χ0v) is 19.5. The summed E-state index contributed by atoms with van der Waals surface area (Å²) in [6.45, 7) is 1.07. The van der Waals surface area contributed by atoms with Crippen molar-refractivity contribution < 1.29 is 18.0 Å². The van der Waals surface area contributed by atoms with Gasteiger partial charge in [-0.3, -0.25) is 14.5 Å². The Morgan fingerprint density at radius 3 is 2.16 bits per heavy atom. The molecule has 2 aromatic carbocycles. The standard InChI is InChI=1S/C22H27ClN4O4S/c1-26(16-22(29)25-20-8-4-3-7-19(20)23)15-21(28)24-17-9-11-18(12-10-17)32(30,31)27-13-5-2-6-14-27/h3-4,7-12H,2,5-6,13-16H2,1H3,(H,24,28)(H,25,29). The summed E-state index contributed by atoms with van der Waals surface area (Å²) in [6, 6.07) is 13.0. The molecule has 1 saturated heterocycles. The van der Waals surface area contributed by atoms with Gasteiger partial charge in [0.15, 0.2) is 0 Å². The van der Waals surface area contributed by atoms with Crippen LogP contribution in [0.4, 0.5) is 11.4 Å². The molecular formula is C22H27ClN4O4S. The number of amides is 2. The van der Waals surface area contributed by atoms with Crippen LogP contribution in [0.3, 0.4) is 0 Å². The van der Waals surface area contributed by atoms with Crippen LogP contribution in [0, 0.1) is 0 Å². The number of anilines is 2. The summed E-state index contributed by atoms with van der Waals surface area (Å²) in [4.78, 5) is 26.3. The summed E-state index contributed by atoms with van der Waals surface area (Å²) in [5.74, 6) is -0.606. The zero-order chi connectivity index (χ0) is 23.1. The number of carbonyl (C=O) groups is 2. The van der Waals surface area contributed by atoms with Gasteiger partial charge >= 0.3 is 0 Å². The number of halogens is 1. The number of carbonyl (C=O) groups excluding carboxylic acids is 2. The highest BCUT2D eigenvalue weighted by Gasteiger charge is 2.25. The van der Waals surface area contributed by atoms with Gasteiger partial charge in [-0.25, -0.2) is 8.42 Å². The molecule has 2 N–H and O–H groups in total. The minimum Gasteiger partial charge on any atom is -0.325 e. The molecule has 0 bridgehead atoms. The van der Waals surface area contributed by atoms with Gasteiger partial charge in [-0.1, -0.05) is 30.2 Å². The molecule has 0 atom stereocenters. The Balaban J connectivity index is 1.50. The number of rotatable bonds is 8. The number of hydrogen-bond donors (Lipinski definition) is 2. The van der Waals surface area contributed by atoms with Gasteiger partial charge in [-0.05, 0) is 56.3 Å². The predicted octanol–water partition coefficient (Wildman–Crippen LogP) is 3.02. The Morgan fingerprint density at radius 2 is 1.53 bits per heavy atom. The van der Waals surface area contributed by atoms with Gasteiger partial charge in [0.25, 0.3) is 0 Å². The minimum atomic E-state index is -3.51. The molecule has 2 aromatic rings. The van der Waals surface area contributed by atoms with Crippen molar-refractivity contribution in [2.24, 2.45) is 0 Å². The average molecular weight is 479 g/mol. The molecule has 1 aliphatic rings. The van der Waals surface area contributed by atoms with E-state index in [1.165, 1.54) is 16.4 Å². The number of para-hydroxylation sites is 1. The highest BCUT2D eigenvalue weighted by Crippen LogP contribution is 2.22. The van der Waals surface area contributed by atoms with Gasteiger partial charge in [-0.15, -0.1) is 0 Å². The van der Waals surface area contributed by atoms with Crippen LogP contribution < -0.4 is 10.6 Å². The molecule has 172 valence electrons. The topological polar surface area (TPSA) is 98.8 Å². The SMILES string of the molecule is CN(CC(=O)Nc1ccc(S(=O)(=O)N2CCCCC2)cc1)CC(=O)Nc1ccccc1Cl. The smallest absolute Gasteiger partial charge is 0.243 e. The van der Waals surface area contributed by atoms with E-state index in [4.69, 9.17) is 11.6 Å². The monoisotopic (exact) mass is 478 g/mol. The first-order valence-corrected chi connectivity index (χ1v) is 12.2. The number of sulfonamides is 1. The molecule has 2 amide bonds. The fraction of sp³-hybridized carbons (Fsp3) is 0.364. The van der Waals surface area contributed by atoms with Crippen LogP contribution in [0.2, 0.25) is 5.02 Å². The zero-order valence-electron chi connectivity index (χ0n) is 17.9. The van der Waals surface area contributed by atoms with Crippen LogP contribution in [0.25, 0.3) is 0 Å². The molecule has 0 radical (unpaired) electrons. The maximum Gasteiger partial charge on any atom is 0.243 e. The van der Waals surface area contributed by atoms with Crippen molar-refractivity contribution in [2.45, 2.75) is 24.2 Å². The molecule has 8 nitrogen and oxygen atoms in total. The fourth-order valence-electron chi connectivity index (χ4n) is 3.46. The molecule has 1 heterocycles. The van der Waals surface area contributed by atoms with Crippen molar-refractivity contribution in [1.29, 1.82) is 0 Å². The molecule has 0 aromatic heterocycles. The lowest BCUT2D eigenvalue weighted by atomic mass is 10.2. The van der Waals surface area contributed by atoms with Crippen LogP contribution in [0.5, 0.6) is 0 Å². The van der Waals surface area contributed by atoms with Crippen LogP contribution in [-0.4, -0.2) is 62.7 Å². The molecule has 0 aliphatic carbocycles. The molecule has 3 rings (SSSR count). The molecule has 0 unspecified atom stereocenters. The van der Waals surface area contributed by atoms with E-state index in [0.29, 0.717) is 29.5 Å². The molecule has 10 heteroatoms. The van der Waals surface area contributed by atoms with Crippen molar-refractivity contribution >= 4 is 44.8 Å². The molecule has 1 aliphatic heterocycles.